The van der Waals surface area contributed by atoms with E-state index in [0.29, 0.717) is 24.9 Å². The summed E-state index contributed by atoms with van der Waals surface area (Å²) < 4.78 is 5.61. The Kier molecular flexibility index (Phi) is 8.20. The van der Waals surface area contributed by atoms with E-state index in [1.54, 1.807) is 0 Å². The van der Waals surface area contributed by atoms with Crippen molar-refractivity contribution < 1.29 is 14.3 Å². The average molecular weight is 499 g/mol. The zero-order valence-corrected chi connectivity index (χ0v) is 21.9. The van der Waals surface area contributed by atoms with Crippen molar-refractivity contribution in [3.63, 3.8) is 0 Å². The second-order valence-corrected chi connectivity index (χ2v) is 10.6. The lowest BCUT2D eigenvalue weighted by Gasteiger charge is -2.38. The van der Waals surface area contributed by atoms with Gasteiger partial charge in [0.25, 0.3) is 0 Å². The van der Waals surface area contributed by atoms with Crippen LogP contribution in [0.1, 0.15) is 54.9 Å². The van der Waals surface area contributed by atoms with Crippen LogP contribution in [-0.2, 0) is 11.3 Å². The predicted molar refractivity (Wildman–Crippen MR) is 148 cm³/mol. The largest absolute Gasteiger partial charge is 0.445 e. The molecule has 2 aliphatic rings. The van der Waals surface area contributed by atoms with Gasteiger partial charge in [0.05, 0.1) is 0 Å². The molecule has 0 spiro atoms. The Morgan fingerprint density at radius 2 is 1.62 bits per heavy atom. The molecule has 1 aliphatic heterocycles. The first kappa shape index (κ1) is 25.5. The molecule has 2 unspecified atom stereocenters. The number of carbonyl (C=O) groups excluding carboxylic acids is 2. The van der Waals surface area contributed by atoms with Gasteiger partial charge in [-0.2, -0.15) is 0 Å². The molecule has 1 saturated heterocycles. The van der Waals surface area contributed by atoms with Crippen molar-refractivity contribution in [2.45, 2.75) is 51.7 Å². The highest BCUT2D eigenvalue weighted by Gasteiger charge is 2.34. The smallest absolute Gasteiger partial charge is 0.410 e. The van der Waals surface area contributed by atoms with Crippen molar-refractivity contribution in [1.29, 1.82) is 0 Å². The Hall–Kier alpha value is -3.18. The molecule has 194 valence electrons. The van der Waals surface area contributed by atoms with Crippen LogP contribution < -0.4 is 0 Å². The Labute approximate surface area is 220 Å². The van der Waals surface area contributed by atoms with Crippen LogP contribution >= 0.6 is 0 Å². The summed E-state index contributed by atoms with van der Waals surface area (Å²) >= 11 is 0. The fourth-order valence-electron chi connectivity index (χ4n) is 6.26. The molecule has 1 saturated carbocycles. The van der Waals surface area contributed by atoms with Crippen molar-refractivity contribution >= 4 is 22.6 Å². The van der Waals surface area contributed by atoms with E-state index in [0.717, 1.165) is 73.6 Å². The first-order valence-corrected chi connectivity index (χ1v) is 13.8. The van der Waals surface area contributed by atoms with E-state index in [1.165, 1.54) is 0 Å². The molecule has 37 heavy (non-hydrogen) atoms. The molecule has 0 bridgehead atoms. The number of carbonyl (C=O) groups is 2. The molecule has 2 fully saturated rings. The third-order valence-corrected chi connectivity index (χ3v) is 8.26. The summed E-state index contributed by atoms with van der Waals surface area (Å²) in [5, 5.41) is 2.21. The van der Waals surface area contributed by atoms with Crippen molar-refractivity contribution in [3.8, 4) is 0 Å². The molecule has 3 aromatic rings. The van der Waals surface area contributed by atoms with Crippen LogP contribution in [-0.4, -0.2) is 53.9 Å². The second-order valence-electron chi connectivity index (χ2n) is 10.6. The quantitative estimate of drug-likeness (QED) is 0.330. The Balaban J connectivity index is 1.09. The predicted octanol–water partition coefficient (Wildman–Crippen LogP) is 6.56. The summed E-state index contributed by atoms with van der Waals surface area (Å²) in [6.07, 6.45) is 4.82. The Morgan fingerprint density at radius 3 is 2.41 bits per heavy atom. The van der Waals surface area contributed by atoms with Crippen molar-refractivity contribution in [3.05, 3.63) is 83.9 Å². The molecule has 1 aliphatic carbocycles. The van der Waals surface area contributed by atoms with Crippen molar-refractivity contribution in [2.75, 3.05) is 26.2 Å². The van der Waals surface area contributed by atoms with E-state index in [-0.39, 0.29) is 18.1 Å². The second kappa shape index (κ2) is 11.9. The van der Waals surface area contributed by atoms with Crippen LogP contribution in [0.2, 0.25) is 0 Å². The number of benzene rings is 3. The van der Waals surface area contributed by atoms with Crippen LogP contribution in [0.4, 0.5) is 4.79 Å². The minimum atomic E-state index is -0.213. The number of Topliss-reactive ketones (excluding diaryl/α,β-unsaturated/α-hetero) is 1. The number of hydrogen-bond acceptors (Lipinski definition) is 4. The number of ketones is 1. The minimum absolute atomic E-state index is 0.128. The van der Waals surface area contributed by atoms with Gasteiger partial charge in [-0.25, -0.2) is 4.79 Å². The molecule has 5 nitrogen and oxygen atoms in total. The summed E-state index contributed by atoms with van der Waals surface area (Å²) in [4.78, 5) is 30.6. The van der Waals surface area contributed by atoms with Crippen molar-refractivity contribution in [1.82, 2.24) is 9.80 Å². The maximum Gasteiger partial charge on any atom is 0.410 e. The number of fused-ring (bicyclic) bond motifs is 1. The van der Waals surface area contributed by atoms with E-state index in [9.17, 15) is 9.59 Å². The maximum absolute atomic E-state index is 13.4. The highest BCUT2D eigenvalue weighted by molar-refractivity contribution is 6.09. The van der Waals surface area contributed by atoms with Gasteiger partial charge in [0, 0.05) is 43.7 Å². The van der Waals surface area contributed by atoms with Crippen LogP contribution in [0.25, 0.3) is 10.8 Å². The molecular formula is C32H38N2O3. The van der Waals surface area contributed by atoms with Gasteiger partial charge in [0.2, 0.25) is 0 Å². The summed E-state index contributed by atoms with van der Waals surface area (Å²) in [5.74, 6) is 1.01. The third-order valence-electron chi connectivity index (χ3n) is 8.26. The molecule has 0 radical (unpaired) electrons. The SMILES string of the molecule is CCN(C(=O)OCc1ccccc1)C1CCN(CC2CCC(C(=O)c3cccc4ccccc34)C2)CC1. The fraction of sp³-hybridized carbons (Fsp3) is 0.438. The van der Waals surface area contributed by atoms with Gasteiger partial charge >= 0.3 is 6.09 Å². The highest BCUT2D eigenvalue weighted by Crippen LogP contribution is 2.35. The lowest BCUT2D eigenvalue weighted by Crippen LogP contribution is -2.48. The molecule has 5 heteroatoms. The summed E-state index contributed by atoms with van der Waals surface area (Å²) in [6.45, 7) is 6.05. The van der Waals surface area contributed by atoms with Crippen LogP contribution in [0.5, 0.6) is 0 Å². The number of ether oxygens (including phenoxy) is 1. The topological polar surface area (TPSA) is 49.9 Å². The monoisotopic (exact) mass is 498 g/mol. The average Bonchev–Trinajstić information content (AvgIpc) is 3.41. The first-order valence-electron chi connectivity index (χ1n) is 13.8. The Morgan fingerprint density at radius 1 is 0.892 bits per heavy atom. The van der Waals surface area contributed by atoms with E-state index in [1.807, 2.05) is 66.4 Å². The van der Waals surface area contributed by atoms with Gasteiger partial charge in [-0.1, -0.05) is 72.8 Å². The van der Waals surface area contributed by atoms with Crippen LogP contribution in [0.15, 0.2) is 72.8 Å². The summed E-state index contributed by atoms with van der Waals surface area (Å²) in [6, 6.07) is 24.3. The fourth-order valence-corrected chi connectivity index (χ4v) is 6.26. The van der Waals surface area contributed by atoms with Crippen LogP contribution in [0.3, 0.4) is 0 Å². The molecule has 1 heterocycles. The number of hydrogen-bond donors (Lipinski definition) is 0. The summed E-state index contributed by atoms with van der Waals surface area (Å²) in [7, 11) is 0. The lowest BCUT2D eigenvalue weighted by atomic mass is 9.91. The molecular weight excluding hydrogens is 460 g/mol. The standard InChI is InChI=1S/C32H38N2O3/c1-2-34(32(36)37-23-24-9-4-3-5-10-24)28-17-19-33(20-18-28)22-25-15-16-27(21-25)31(35)30-14-8-12-26-11-6-7-13-29(26)30/h3-14,25,27-28H,2,15-23H2,1H3. The molecule has 0 aromatic heterocycles. The maximum atomic E-state index is 13.4. The van der Waals surface area contributed by atoms with E-state index >= 15 is 0 Å². The van der Waals surface area contributed by atoms with E-state index < -0.39 is 0 Å². The molecule has 2 atom stereocenters. The zero-order valence-electron chi connectivity index (χ0n) is 21.9. The zero-order chi connectivity index (χ0) is 25.6. The van der Waals surface area contributed by atoms with Crippen molar-refractivity contribution in [2.24, 2.45) is 11.8 Å². The van der Waals surface area contributed by atoms with Gasteiger partial charge < -0.3 is 14.5 Å². The van der Waals surface area contributed by atoms with E-state index in [2.05, 4.69) is 23.1 Å². The first-order chi connectivity index (χ1) is 18.1. The number of likely N-dealkylation sites (tertiary alicyclic amines) is 1. The van der Waals surface area contributed by atoms with Gasteiger partial charge in [-0.15, -0.1) is 0 Å². The molecule has 3 aromatic carbocycles. The molecule has 0 N–H and O–H groups in total. The van der Waals surface area contributed by atoms with Crippen LogP contribution in [0, 0.1) is 11.8 Å². The molecule has 1 amide bonds. The van der Waals surface area contributed by atoms with E-state index in [4.69, 9.17) is 4.74 Å². The highest BCUT2D eigenvalue weighted by atomic mass is 16.6. The number of nitrogens with zero attached hydrogens (tertiary/aromatic N) is 2. The molecule has 5 rings (SSSR count). The van der Waals surface area contributed by atoms with Gasteiger partial charge in [-0.05, 0) is 61.3 Å². The van der Waals surface area contributed by atoms with Gasteiger partial charge in [-0.3, -0.25) is 4.79 Å². The summed E-state index contributed by atoms with van der Waals surface area (Å²) in [5.41, 5.74) is 1.89. The number of amides is 1. The van der Waals surface area contributed by atoms with Gasteiger partial charge in [0.15, 0.2) is 5.78 Å². The third kappa shape index (κ3) is 6.04. The minimum Gasteiger partial charge on any atom is -0.445 e. The van der Waals surface area contributed by atoms with Gasteiger partial charge in [0.1, 0.15) is 6.61 Å². The number of rotatable bonds is 8. The number of piperidine rings is 1. The normalized spacial score (nSPS) is 20.7. The Bertz CT molecular complexity index is 1200. The lowest BCUT2D eigenvalue weighted by molar-refractivity contribution is 0.0606.